The predicted molar refractivity (Wildman–Crippen MR) is 106 cm³/mol. The molecule has 4 heteroatoms. The van der Waals surface area contributed by atoms with Crippen LogP contribution < -0.4 is 4.90 Å². The van der Waals surface area contributed by atoms with E-state index in [9.17, 15) is 4.79 Å². The highest BCUT2D eigenvalue weighted by molar-refractivity contribution is 6.31. The van der Waals surface area contributed by atoms with Crippen molar-refractivity contribution in [1.82, 2.24) is 4.90 Å². The van der Waals surface area contributed by atoms with Gasteiger partial charge >= 0.3 is 0 Å². The molecule has 1 aromatic rings. The molecule has 0 N–H and O–H groups in total. The zero-order valence-electron chi connectivity index (χ0n) is 16.3. The van der Waals surface area contributed by atoms with Crippen LogP contribution in [0.4, 0.5) is 5.69 Å². The minimum atomic E-state index is 0.0682. The molecule has 0 aliphatic carbocycles. The van der Waals surface area contributed by atoms with Crippen LogP contribution in [0.15, 0.2) is 12.1 Å². The Morgan fingerprint density at radius 2 is 1.83 bits per heavy atom. The Morgan fingerprint density at radius 3 is 2.29 bits per heavy atom. The molecular formula is C20H33ClN2O. The van der Waals surface area contributed by atoms with Crippen molar-refractivity contribution in [2.45, 2.75) is 66.0 Å². The third-order valence-corrected chi connectivity index (χ3v) is 5.24. The molecule has 0 spiro atoms. The lowest BCUT2D eigenvalue weighted by Gasteiger charge is -2.34. The lowest BCUT2D eigenvalue weighted by atomic mass is 9.99. The number of benzene rings is 1. The summed E-state index contributed by atoms with van der Waals surface area (Å²) in [6.45, 7) is 11.2. The minimum Gasteiger partial charge on any atom is -0.369 e. The van der Waals surface area contributed by atoms with E-state index in [-0.39, 0.29) is 5.78 Å². The Bertz CT molecular complexity index is 557. The van der Waals surface area contributed by atoms with Crippen LogP contribution in [0, 0.1) is 6.92 Å². The van der Waals surface area contributed by atoms with Crippen LogP contribution in [-0.2, 0) is 0 Å². The molecule has 0 heterocycles. The van der Waals surface area contributed by atoms with E-state index in [0.717, 1.165) is 36.2 Å². The van der Waals surface area contributed by atoms with Crippen molar-refractivity contribution in [1.29, 1.82) is 0 Å². The molecule has 0 aliphatic heterocycles. The molecule has 0 radical (unpaired) electrons. The van der Waals surface area contributed by atoms with E-state index in [0.29, 0.717) is 17.1 Å². The highest BCUT2D eigenvalue weighted by Crippen LogP contribution is 2.30. The van der Waals surface area contributed by atoms with E-state index in [4.69, 9.17) is 11.6 Å². The number of hydrogen-bond donors (Lipinski definition) is 0. The van der Waals surface area contributed by atoms with Gasteiger partial charge in [0.05, 0.1) is 0 Å². The highest BCUT2D eigenvalue weighted by atomic mass is 35.5. The van der Waals surface area contributed by atoms with E-state index < -0.39 is 0 Å². The van der Waals surface area contributed by atoms with Crippen molar-refractivity contribution < 1.29 is 4.79 Å². The first-order chi connectivity index (χ1) is 11.2. The first-order valence-electron chi connectivity index (χ1n) is 8.96. The molecule has 0 saturated carbocycles. The van der Waals surface area contributed by atoms with Crippen molar-refractivity contribution in [2.24, 2.45) is 0 Å². The maximum atomic E-state index is 11.9. The van der Waals surface area contributed by atoms with Crippen LogP contribution in [0.1, 0.15) is 62.9 Å². The van der Waals surface area contributed by atoms with Gasteiger partial charge in [0.15, 0.2) is 5.78 Å². The summed E-state index contributed by atoms with van der Waals surface area (Å²) in [7, 11) is 4.30. The monoisotopic (exact) mass is 352 g/mol. The maximum absolute atomic E-state index is 11.9. The second kappa shape index (κ2) is 9.43. The number of ketones is 1. The lowest BCUT2D eigenvalue weighted by molar-refractivity contribution is 0.101. The fraction of sp³-hybridized carbons (Fsp3) is 0.650. The molecule has 24 heavy (non-hydrogen) atoms. The zero-order valence-corrected chi connectivity index (χ0v) is 17.1. The van der Waals surface area contributed by atoms with Gasteiger partial charge in [-0.1, -0.05) is 18.5 Å². The fourth-order valence-electron chi connectivity index (χ4n) is 3.46. The molecule has 0 saturated heterocycles. The van der Waals surface area contributed by atoms with Gasteiger partial charge in [0.1, 0.15) is 0 Å². The van der Waals surface area contributed by atoms with Crippen molar-refractivity contribution >= 4 is 23.1 Å². The number of carbonyl (C=O) groups excluding carboxylic acids is 1. The molecule has 0 aliphatic rings. The average Bonchev–Trinajstić information content (AvgIpc) is 2.51. The number of anilines is 1. The SMILES string of the molecule is CC[C@@H](CCC(C)N(CC)c1cc(Cl)cc(C(C)=O)c1C)N(C)C. The van der Waals surface area contributed by atoms with Crippen molar-refractivity contribution in [3.63, 3.8) is 0 Å². The molecule has 0 aromatic heterocycles. The van der Waals surface area contributed by atoms with Crippen molar-refractivity contribution in [2.75, 3.05) is 25.5 Å². The van der Waals surface area contributed by atoms with E-state index in [2.05, 4.69) is 44.7 Å². The van der Waals surface area contributed by atoms with Gasteiger partial charge in [-0.3, -0.25) is 4.79 Å². The predicted octanol–water partition coefficient (Wildman–Crippen LogP) is 5.19. The van der Waals surface area contributed by atoms with Gasteiger partial charge < -0.3 is 9.80 Å². The molecular weight excluding hydrogens is 320 g/mol. The summed E-state index contributed by atoms with van der Waals surface area (Å²) in [5.74, 6) is 0.0682. The summed E-state index contributed by atoms with van der Waals surface area (Å²) in [5, 5.41) is 0.631. The Balaban J connectivity index is 3.02. The Kier molecular flexibility index (Phi) is 8.24. The van der Waals surface area contributed by atoms with E-state index in [1.54, 1.807) is 13.0 Å². The van der Waals surface area contributed by atoms with Crippen LogP contribution in [0.5, 0.6) is 0 Å². The number of halogens is 1. The smallest absolute Gasteiger partial charge is 0.160 e. The second-order valence-electron chi connectivity index (χ2n) is 6.89. The van der Waals surface area contributed by atoms with Crippen LogP contribution >= 0.6 is 11.6 Å². The standard InChI is InChI=1S/C20H33ClN2O/c1-8-18(22(6)7)11-10-14(3)23(9-2)20-13-17(21)12-19(15(20)4)16(5)24/h12-14,18H,8-11H2,1-7H3/t14?,18-/m0/s1. The van der Waals surface area contributed by atoms with Crippen LogP contribution in [0.2, 0.25) is 5.02 Å². The van der Waals surface area contributed by atoms with Gasteiger partial charge in [-0.05, 0) is 78.7 Å². The van der Waals surface area contributed by atoms with Gasteiger partial charge in [-0.2, -0.15) is 0 Å². The quantitative estimate of drug-likeness (QED) is 0.571. The molecule has 136 valence electrons. The lowest BCUT2D eigenvalue weighted by Crippen LogP contribution is -2.36. The number of hydrogen-bond acceptors (Lipinski definition) is 3. The fourth-order valence-corrected chi connectivity index (χ4v) is 3.68. The molecule has 0 amide bonds. The van der Waals surface area contributed by atoms with Gasteiger partial charge in [0.2, 0.25) is 0 Å². The van der Waals surface area contributed by atoms with Gasteiger partial charge in [0.25, 0.3) is 0 Å². The van der Waals surface area contributed by atoms with Gasteiger partial charge in [-0.25, -0.2) is 0 Å². The third-order valence-electron chi connectivity index (χ3n) is 5.03. The summed E-state index contributed by atoms with van der Waals surface area (Å²) in [5.41, 5.74) is 2.84. The van der Waals surface area contributed by atoms with E-state index in [1.807, 2.05) is 13.0 Å². The summed E-state index contributed by atoms with van der Waals surface area (Å²) in [6.07, 6.45) is 3.45. The second-order valence-corrected chi connectivity index (χ2v) is 7.33. The average molecular weight is 353 g/mol. The highest BCUT2D eigenvalue weighted by Gasteiger charge is 2.20. The summed E-state index contributed by atoms with van der Waals surface area (Å²) in [4.78, 5) is 16.6. The normalized spacial score (nSPS) is 13.9. The molecule has 1 aromatic carbocycles. The Hall–Kier alpha value is -1.06. The Labute approximate surface area is 153 Å². The first kappa shape index (κ1) is 21.0. The summed E-state index contributed by atoms with van der Waals surface area (Å²) < 4.78 is 0. The molecule has 3 nitrogen and oxygen atoms in total. The van der Waals surface area contributed by atoms with Crippen LogP contribution in [-0.4, -0.2) is 43.4 Å². The van der Waals surface area contributed by atoms with E-state index in [1.165, 1.54) is 6.42 Å². The molecule has 0 fully saturated rings. The summed E-state index contributed by atoms with van der Waals surface area (Å²) >= 11 is 6.28. The number of rotatable bonds is 9. The topological polar surface area (TPSA) is 23.6 Å². The van der Waals surface area contributed by atoms with Crippen LogP contribution in [0.3, 0.4) is 0 Å². The van der Waals surface area contributed by atoms with E-state index >= 15 is 0 Å². The molecule has 1 rings (SSSR count). The Morgan fingerprint density at radius 1 is 1.21 bits per heavy atom. The minimum absolute atomic E-state index is 0.0682. The van der Waals surface area contributed by atoms with Gasteiger partial charge in [0, 0.05) is 34.9 Å². The number of nitrogens with zero attached hydrogens (tertiary/aromatic N) is 2. The number of Topliss-reactive ketones (excluding diaryl/α,β-unsaturated/α-hetero) is 1. The van der Waals surface area contributed by atoms with Crippen LogP contribution in [0.25, 0.3) is 0 Å². The molecule has 2 atom stereocenters. The molecule has 1 unspecified atom stereocenters. The van der Waals surface area contributed by atoms with Crippen molar-refractivity contribution in [3.8, 4) is 0 Å². The first-order valence-corrected chi connectivity index (χ1v) is 9.34. The van der Waals surface area contributed by atoms with Crippen molar-refractivity contribution in [3.05, 3.63) is 28.3 Å². The summed E-state index contributed by atoms with van der Waals surface area (Å²) in [6, 6.07) is 4.79. The third kappa shape index (κ3) is 5.22. The number of carbonyl (C=O) groups is 1. The maximum Gasteiger partial charge on any atom is 0.160 e. The largest absolute Gasteiger partial charge is 0.369 e. The zero-order chi connectivity index (χ0) is 18.4. The molecule has 0 bridgehead atoms. The van der Waals surface area contributed by atoms with Gasteiger partial charge in [-0.15, -0.1) is 0 Å².